The monoisotopic (exact) mass is 376 g/mol. The van der Waals surface area contributed by atoms with Crippen LogP contribution < -0.4 is 10.5 Å². The van der Waals surface area contributed by atoms with Gasteiger partial charge in [0, 0.05) is 16.5 Å². The number of ether oxygens (including phenoxy) is 1. The van der Waals surface area contributed by atoms with Gasteiger partial charge in [0.2, 0.25) is 5.91 Å². The number of pyridine rings is 1. The standard InChI is InChI=1S/C21H17FN4O2/c1-11-6-7-12(21(23)27)13(8-11)20-14-9-16(24-10-17(14)25-26-20)19-15(22)4-3-5-18(19)28-2/h3-10H,1-2H3,(H2,23,27)(H,25,26). The highest BCUT2D eigenvalue weighted by Gasteiger charge is 2.19. The van der Waals surface area contributed by atoms with Gasteiger partial charge in [0.05, 0.1) is 30.1 Å². The van der Waals surface area contributed by atoms with Gasteiger partial charge in [-0.3, -0.25) is 14.9 Å². The number of primary amides is 1. The maximum absolute atomic E-state index is 14.5. The predicted molar refractivity (Wildman–Crippen MR) is 105 cm³/mol. The van der Waals surface area contributed by atoms with E-state index in [-0.39, 0.29) is 5.56 Å². The summed E-state index contributed by atoms with van der Waals surface area (Å²) in [7, 11) is 1.48. The third-order valence-electron chi connectivity index (χ3n) is 4.59. The predicted octanol–water partition coefficient (Wildman–Crippen LogP) is 3.85. The lowest BCUT2D eigenvalue weighted by atomic mass is 9.98. The number of halogens is 1. The van der Waals surface area contributed by atoms with Crippen LogP contribution in [0.15, 0.2) is 48.7 Å². The summed E-state index contributed by atoms with van der Waals surface area (Å²) in [5.74, 6) is -0.605. The lowest BCUT2D eigenvalue weighted by molar-refractivity contribution is 0.100. The number of fused-ring (bicyclic) bond motifs is 1. The van der Waals surface area contributed by atoms with Crippen molar-refractivity contribution >= 4 is 16.8 Å². The molecular weight excluding hydrogens is 359 g/mol. The third-order valence-corrected chi connectivity index (χ3v) is 4.59. The van der Waals surface area contributed by atoms with E-state index in [0.29, 0.717) is 39.2 Å². The van der Waals surface area contributed by atoms with Crippen LogP contribution in [0.25, 0.3) is 33.4 Å². The number of aromatic nitrogens is 3. The quantitative estimate of drug-likeness (QED) is 0.566. The molecule has 140 valence electrons. The Kier molecular flexibility index (Phi) is 4.27. The molecule has 3 N–H and O–H groups in total. The molecule has 0 saturated heterocycles. The van der Waals surface area contributed by atoms with Gasteiger partial charge in [-0.2, -0.15) is 5.10 Å². The van der Waals surface area contributed by atoms with Crippen molar-refractivity contribution in [1.29, 1.82) is 0 Å². The second-order valence-corrected chi connectivity index (χ2v) is 6.42. The largest absolute Gasteiger partial charge is 0.496 e. The summed E-state index contributed by atoms with van der Waals surface area (Å²) in [6.07, 6.45) is 1.58. The summed E-state index contributed by atoms with van der Waals surface area (Å²) in [4.78, 5) is 16.2. The van der Waals surface area contributed by atoms with Crippen molar-refractivity contribution in [3.8, 4) is 28.3 Å². The van der Waals surface area contributed by atoms with Gasteiger partial charge in [-0.05, 0) is 37.3 Å². The lowest BCUT2D eigenvalue weighted by Crippen LogP contribution is -2.12. The minimum absolute atomic E-state index is 0.262. The molecule has 0 saturated carbocycles. The number of nitrogens with one attached hydrogen (secondary N) is 1. The minimum Gasteiger partial charge on any atom is -0.496 e. The van der Waals surface area contributed by atoms with Gasteiger partial charge in [-0.25, -0.2) is 4.39 Å². The van der Waals surface area contributed by atoms with Crippen molar-refractivity contribution in [2.45, 2.75) is 6.92 Å². The van der Waals surface area contributed by atoms with Gasteiger partial charge in [0.25, 0.3) is 0 Å². The first kappa shape index (κ1) is 17.7. The van der Waals surface area contributed by atoms with Crippen molar-refractivity contribution < 1.29 is 13.9 Å². The highest BCUT2D eigenvalue weighted by Crippen LogP contribution is 2.35. The van der Waals surface area contributed by atoms with E-state index in [1.165, 1.54) is 13.2 Å². The topological polar surface area (TPSA) is 93.9 Å². The van der Waals surface area contributed by atoms with E-state index >= 15 is 0 Å². The second kappa shape index (κ2) is 6.77. The molecule has 2 heterocycles. The molecule has 2 aromatic carbocycles. The van der Waals surface area contributed by atoms with Gasteiger partial charge >= 0.3 is 0 Å². The maximum atomic E-state index is 14.5. The molecule has 2 aromatic heterocycles. The smallest absolute Gasteiger partial charge is 0.249 e. The number of H-pyrrole nitrogens is 1. The van der Waals surface area contributed by atoms with Gasteiger partial charge in [0.1, 0.15) is 17.3 Å². The van der Waals surface area contributed by atoms with Gasteiger partial charge in [-0.1, -0.05) is 17.7 Å². The number of carbonyl (C=O) groups is 1. The maximum Gasteiger partial charge on any atom is 0.249 e. The van der Waals surface area contributed by atoms with Crippen LogP contribution in [0.1, 0.15) is 15.9 Å². The normalized spacial score (nSPS) is 11.0. The van der Waals surface area contributed by atoms with Gasteiger partial charge in [0.15, 0.2) is 0 Å². The zero-order valence-electron chi connectivity index (χ0n) is 15.3. The Morgan fingerprint density at radius 2 is 2.04 bits per heavy atom. The fraction of sp³-hybridized carbons (Fsp3) is 0.0952. The van der Waals surface area contributed by atoms with Crippen molar-refractivity contribution in [3.05, 3.63) is 65.6 Å². The van der Waals surface area contributed by atoms with E-state index in [1.807, 2.05) is 19.1 Å². The summed E-state index contributed by atoms with van der Waals surface area (Å²) in [5, 5.41) is 7.95. The number of nitrogens with two attached hydrogens (primary N) is 1. The zero-order valence-corrected chi connectivity index (χ0v) is 15.3. The summed E-state index contributed by atoms with van der Waals surface area (Å²) in [5.41, 5.74) is 9.34. The molecule has 0 aliphatic heterocycles. The Hall–Kier alpha value is -3.74. The number of nitrogens with zero attached hydrogens (tertiary/aromatic N) is 2. The summed E-state index contributed by atoms with van der Waals surface area (Å²) >= 11 is 0. The molecule has 0 bridgehead atoms. The molecule has 7 heteroatoms. The molecule has 1 amide bonds. The van der Waals surface area contributed by atoms with Crippen LogP contribution >= 0.6 is 0 Å². The summed E-state index contributed by atoms with van der Waals surface area (Å²) in [6.45, 7) is 1.92. The molecule has 6 nitrogen and oxygen atoms in total. The zero-order chi connectivity index (χ0) is 19.8. The number of aromatic amines is 1. The minimum atomic E-state index is -0.545. The van der Waals surface area contributed by atoms with E-state index in [2.05, 4.69) is 15.2 Å². The van der Waals surface area contributed by atoms with Crippen molar-refractivity contribution in [1.82, 2.24) is 15.2 Å². The molecule has 28 heavy (non-hydrogen) atoms. The molecule has 0 atom stereocenters. The van der Waals surface area contributed by atoms with Crippen LogP contribution in [0.3, 0.4) is 0 Å². The molecule has 0 unspecified atom stereocenters. The molecule has 0 radical (unpaired) electrons. The average molecular weight is 376 g/mol. The van der Waals surface area contributed by atoms with Crippen LogP contribution in [-0.4, -0.2) is 28.2 Å². The van der Waals surface area contributed by atoms with E-state index in [1.54, 1.807) is 30.5 Å². The van der Waals surface area contributed by atoms with Crippen LogP contribution in [0.5, 0.6) is 5.75 Å². The first-order chi connectivity index (χ1) is 13.5. The number of benzene rings is 2. The van der Waals surface area contributed by atoms with E-state index in [4.69, 9.17) is 10.5 Å². The van der Waals surface area contributed by atoms with Crippen LogP contribution in [0.2, 0.25) is 0 Å². The Balaban J connectivity index is 1.97. The second-order valence-electron chi connectivity index (χ2n) is 6.42. The number of hydrogen-bond acceptors (Lipinski definition) is 4. The Morgan fingerprint density at radius 1 is 1.21 bits per heavy atom. The van der Waals surface area contributed by atoms with Crippen molar-refractivity contribution in [2.75, 3.05) is 7.11 Å². The number of rotatable bonds is 4. The lowest BCUT2D eigenvalue weighted by Gasteiger charge is -2.10. The highest BCUT2D eigenvalue weighted by atomic mass is 19.1. The average Bonchev–Trinajstić information content (AvgIpc) is 3.10. The summed E-state index contributed by atoms with van der Waals surface area (Å²) in [6, 6.07) is 11.7. The van der Waals surface area contributed by atoms with E-state index in [9.17, 15) is 9.18 Å². The van der Waals surface area contributed by atoms with Crippen LogP contribution in [-0.2, 0) is 0 Å². The first-order valence-electron chi connectivity index (χ1n) is 8.57. The Labute approximate surface area is 160 Å². The molecule has 4 rings (SSSR count). The summed E-state index contributed by atoms with van der Waals surface area (Å²) < 4.78 is 19.8. The van der Waals surface area contributed by atoms with E-state index in [0.717, 1.165) is 5.56 Å². The number of aryl methyl sites for hydroxylation is 1. The molecule has 4 aromatic rings. The van der Waals surface area contributed by atoms with Crippen molar-refractivity contribution in [2.24, 2.45) is 5.73 Å². The van der Waals surface area contributed by atoms with Crippen LogP contribution in [0, 0.1) is 12.7 Å². The molecule has 0 fully saturated rings. The van der Waals surface area contributed by atoms with Crippen LogP contribution in [0.4, 0.5) is 4.39 Å². The van der Waals surface area contributed by atoms with Gasteiger partial charge in [-0.15, -0.1) is 0 Å². The molecule has 0 aliphatic rings. The number of amides is 1. The first-order valence-corrected chi connectivity index (χ1v) is 8.57. The van der Waals surface area contributed by atoms with E-state index < -0.39 is 11.7 Å². The fourth-order valence-corrected chi connectivity index (χ4v) is 3.25. The van der Waals surface area contributed by atoms with Crippen molar-refractivity contribution in [3.63, 3.8) is 0 Å². The molecule has 0 aliphatic carbocycles. The highest BCUT2D eigenvalue weighted by molar-refractivity contribution is 6.04. The Bertz CT molecular complexity index is 1220. The van der Waals surface area contributed by atoms with Gasteiger partial charge < -0.3 is 10.5 Å². The molecular formula is C21H17FN4O2. The third kappa shape index (κ3) is 2.87. The number of hydrogen-bond donors (Lipinski definition) is 2. The number of methoxy groups -OCH3 is 1. The molecule has 0 spiro atoms. The Morgan fingerprint density at radius 3 is 2.79 bits per heavy atom. The SMILES string of the molecule is COc1cccc(F)c1-c1cc2c(-c3cc(C)ccc3C(N)=O)n[nH]c2cn1. The fourth-order valence-electron chi connectivity index (χ4n) is 3.25. The number of carbonyl (C=O) groups excluding carboxylic acids is 1.